The van der Waals surface area contributed by atoms with E-state index in [1.165, 1.54) is 23.3 Å². The number of aliphatic hydroxyl groups is 1. The number of nitro groups is 1. The largest absolute Gasteiger partial charge is 0.475 e. The van der Waals surface area contributed by atoms with Gasteiger partial charge in [0.25, 0.3) is 21.8 Å². The van der Waals surface area contributed by atoms with Crippen molar-refractivity contribution in [2.75, 3.05) is 56.1 Å². The van der Waals surface area contributed by atoms with Gasteiger partial charge < -0.3 is 29.8 Å². The van der Waals surface area contributed by atoms with E-state index in [9.17, 15) is 41.6 Å². The second kappa shape index (κ2) is 22.6. The molecule has 4 fully saturated rings. The number of aromatic amines is 1. The molecule has 6 aromatic rings. The maximum Gasteiger partial charge on any atom is 0.416 e. The molecule has 3 aromatic heterocycles. The number of carbonyl (C=O) groups excluding carboxylic acids is 1. The van der Waals surface area contributed by atoms with Crippen LogP contribution < -0.4 is 24.4 Å². The third-order valence-electron chi connectivity index (χ3n) is 16.7. The van der Waals surface area contributed by atoms with Crippen molar-refractivity contribution in [3.63, 3.8) is 0 Å². The van der Waals surface area contributed by atoms with Crippen LogP contribution in [-0.2, 0) is 22.7 Å². The van der Waals surface area contributed by atoms with Gasteiger partial charge >= 0.3 is 11.9 Å². The van der Waals surface area contributed by atoms with Gasteiger partial charge in [0.05, 0.1) is 39.8 Å². The van der Waals surface area contributed by atoms with Crippen molar-refractivity contribution in [2.24, 2.45) is 11.3 Å². The van der Waals surface area contributed by atoms with Crippen LogP contribution >= 0.6 is 0 Å². The number of nitrogens with one attached hydrogen (secondary N) is 3. The lowest BCUT2D eigenvalue weighted by Crippen LogP contribution is -2.60. The Morgan fingerprint density at radius 1 is 0.975 bits per heavy atom. The number of hydrogen-bond donors (Lipinski definition) is 4. The molecule has 3 aromatic carbocycles. The number of nitrogens with zero attached hydrogens (tertiary/aromatic N) is 6. The minimum atomic E-state index is -4.78. The van der Waals surface area contributed by atoms with Crippen molar-refractivity contribution in [1.29, 1.82) is 0 Å². The second-order valence-corrected chi connectivity index (χ2v) is 24.3. The first-order valence-corrected chi connectivity index (χ1v) is 28.8. The van der Waals surface area contributed by atoms with Gasteiger partial charge in [0.2, 0.25) is 5.82 Å². The van der Waals surface area contributed by atoms with Gasteiger partial charge in [-0.15, -0.1) is 0 Å². The Morgan fingerprint density at radius 3 is 2.39 bits per heavy atom. The number of piperidine rings is 1. The molecule has 1 spiro atoms. The molecule has 1 amide bonds. The summed E-state index contributed by atoms with van der Waals surface area (Å²) in [5, 5.41) is 25.7. The molecule has 4 N–H and O–H groups in total. The van der Waals surface area contributed by atoms with Gasteiger partial charge in [-0.25, -0.2) is 22.5 Å². The highest BCUT2D eigenvalue weighted by molar-refractivity contribution is 7.90. The Hall–Kier alpha value is -6.88. The molecule has 2 saturated carbocycles. The molecule has 0 bridgehead atoms. The highest BCUT2D eigenvalue weighted by Crippen LogP contribution is 2.54. The fourth-order valence-electron chi connectivity index (χ4n) is 12.2. The van der Waals surface area contributed by atoms with E-state index >= 15 is 4.39 Å². The van der Waals surface area contributed by atoms with E-state index in [4.69, 9.17) is 9.47 Å². The summed E-state index contributed by atoms with van der Waals surface area (Å²) in [6.07, 6.45) is 3.97. The summed E-state index contributed by atoms with van der Waals surface area (Å²) >= 11 is 0. The predicted molar refractivity (Wildman–Crippen MR) is 294 cm³/mol. The van der Waals surface area contributed by atoms with Crippen LogP contribution in [0.2, 0.25) is 0 Å². The molecular weight excluding hydrogens is 1060 g/mol. The number of piperazine rings is 1. The Morgan fingerprint density at radius 2 is 1.70 bits per heavy atom. The molecule has 5 heterocycles. The fraction of sp³-hybridized carbons (Fsp3) is 0.466. The molecule has 80 heavy (non-hydrogen) atoms. The number of amides is 1. The molecule has 0 unspecified atom stereocenters. The van der Waals surface area contributed by atoms with Crippen molar-refractivity contribution < 1.29 is 50.3 Å². The van der Waals surface area contributed by atoms with Crippen molar-refractivity contribution in [3.8, 4) is 17.4 Å². The Kier molecular flexibility index (Phi) is 15.9. The summed E-state index contributed by atoms with van der Waals surface area (Å²) < 4.78 is 97.2. The highest BCUT2D eigenvalue weighted by Gasteiger charge is 2.50. The first-order chi connectivity index (χ1) is 38.1. The first kappa shape index (κ1) is 56.4. The van der Waals surface area contributed by atoms with Crippen LogP contribution in [0.5, 0.6) is 17.4 Å². The van der Waals surface area contributed by atoms with E-state index in [0.29, 0.717) is 69.5 Å². The number of H-pyrrole nitrogens is 1. The van der Waals surface area contributed by atoms with E-state index in [1.807, 2.05) is 4.72 Å². The van der Waals surface area contributed by atoms with E-state index in [2.05, 4.69) is 73.1 Å². The zero-order valence-corrected chi connectivity index (χ0v) is 46.0. The smallest absolute Gasteiger partial charge is 0.416 e. The number of ether oxygens (including phenoxy) is 2. The molecule has 2 saturated heterocycles. The molecule has 10 rings (SSSR count). The quantitative estimate of drug-likeness (QED) is 0.0381. The standard InChI is InChI=1S/C58H67F4N9O8S/c1-5-78-55-51(28-46-47(59)33-65-52(46)66-55)79-50-26-40(14-15-45(50)54(72)67-80(76,77)42-27-48(71(74)75)53(64-32-42)63-31-37-16-18-56(4,73)19-17-37)69-22-20-57(21-23-69)29-41(30-57)70-25-24-68(34-38-10-12-39(13-11-38)58(60,61)62)35-49(70)44-9-7-6-8-43(44)36(2)3/h6-15,26-28,32-33,36-37,41,49,73H,5,16-25,29-31,34-35H2,1-4H3,(H,63,64)(H,65,66)(H,67,72)/t37?,49-,56?/m0/s1. The molecule has 4 aliphatic rings. The van der Waals surface area contributed by atoms with Crippen LogP contribution in [0.25, 0.3) is 11.0 Å². The predicted octanol–water partition coefficient (Wildman–Crippen LogP) is 11.1. The number of carbonyl (C=O) groups is 1. The Bertz CT molecular complexity index is 3350. The van der Waals surface area contributed by atoms with Crippen molar-refractivity contribution >= 4 is 44.2 Å². The summed E-state index contributed by atoms with van der Waals surface area (Å²) in [6.45, 7) is 12.6. The fourth-order valence-corrected chi connectivity index (χ4v) is 13.1. The number of anilines is 2. The number of fused-ring (bicyclic) bond motifs is 1. The number of benzene rings is 3. The molecule has 2 aliphatic heterocycles. The van der Waals surface area contributed by atoms with E-state index in [-0.39, 0.29) is 63.8 Å². The van der Waals surface area contributed by atoms with E-state index < -0.39 is 54.6 Å². The normalized spacial score (nSPS) is 21.1. The first-order valence-electron chi connectivity index (χ1n) is 27.4. The number of halogens is 4. The van der Waals surface area contributed by atoms with Gasteiger partial charge in [0.15, 0.2) is 5.75 Å². The summed E-state index contributed by atoms with van der Waals surface area (Å²) in [5.74, 6) is -1.59. The van der Waals surface area contributed by atoms with Crippen LogP contribution in [0.15, 0.2) is 96.2 Å². The molecule has 0 radical (unpaired) electrons. The SMILES string of the molecule is CCOc1nc2[nH]cc(F)c2cc1Oc1cc(N2CCC3(CC2)CC(N2CCN(Cc4ccc(C(F)(F)F)cc4)C[C@H]2c2ccccc2C(C)C)C3)ccc1C(=O)NS(=O)(=O)c1cnc(NCC2CCC(C)(O)CC2)c([N+](=O)[O-])c1. The van der Waals surface area contributed by atoms with Gasteiger partial charge in [-0.05, 0) is 123 Å². The summed E-state index contributed by atoms with van der Waals surface area (Å²) in [4.78, 5) is 43.6. The Balaban J connectivity index is 0.859. The molecule has 426 valence electrons. The maximum absolute atomic E-state index is 15.0. The zero-order valence-electron chi connectivity index (χ0n) is 45.2. The molecular formula is C58H67F4N9O8S. The number of rotatable bonds is 17. The monoisotopic (exact) mass is 1130 g/mol. The number of aromatic nitrogens is 3. The lowest BCUT2D eigenvalue weighted by molar-refractivity contribution is -0.384. The van der Waals surface area contributed by atoms with Gasteiger partial charge in [-0.3, -0.25) is 24.7 Å². The van der Waals surface area contributed by atoms with Gasteiger partial charge in [0, 0.05) is 88.0 Å². The lowest BCUT2D eigenvalue weighted by atomic mass is 9.59. The van der Waals surface area contributed by atoms with E-state index in [0.717, 1.165) is 81.5 Å². The van der Waals surface area contributed by atoms with Gasteiger partial charge in [0.1, 0.15) is 22.1 Å². The van der Waals surface area contributed by atoms with Gasteiger partial charge in [-0.1, -0.05) is 50.2 Å². The second-order valence-electron chi connectivity index (χ2n) is 22.6. The third-order valence-corrected chi connectivity index (χ3v) is 18.0. The van der Waals surface area contributed by atoms with Crippen LogP contribution in [-0.4, -0.2) is 107 Å². The summed E-state index contributed by atoms with van der Waals surface area (Å²) in [5.41, 5.74) is 2.10. The molecule has 17 nitrogen and oxygen atoms in total. The van der Waals surface area contributed by atoms with Crippen molar-refractivity contribution in [3.05, 3.63) is 135 Å². The van der Waals surface area contributed by atoms with Crippen LogP contribution in [0.4, 0.5) is 34.8 Å². The minimum absolute atomic E-state index is 0.0105. The molecule has 2 aliphatic carbocycles. The van der Waals surface area contributed by atoms with Crippen LogP contribution in [0.3, 0.4) is 0 Å². The third kappa shape index (κ3) is 12.2. The van der Waals surface area contributed by atoms with Crippen molar-refractivity contribution in [1.82, 2.24) is 29.5 Å². The highest BCUT2D eigenvalue weighted by atomic mass is 32.2. The number of alkyl halides is 3. The van der Waals surface area contributed by atoms with Crippen molar-refractivity contribution in [2.45, 2.75) is 120 Å². The lowest BCUT2D eigenvalue weighted by Gasteiger charge is -2.58. The number of pyridine rings is 2. The molecule has 1 atom stereocenters. The number of sulfonamides is 1. The average molecular weight is 1130 g/mol. The Labute approximate surface area is 462 Å². The topological polar surface area (TPSA) is 208 Å². The van der Waals surface area contributed by atoms with Gasteiger partial charge in [-0.2, -0.15) is 18.2 Å². The average Bonchev–Trinajstić information content (AvgIpc) is 3.83. The van der Waals surface area contributed by atoms with E-state index in [1.54, 1.807) is 38.1 Å². The maximum atomic E-state index is 15.0. The number of hydrogen-bond acceptors (Lipinski definition) is 14. The zero-order chi connectivity index (χ0) is 56.7. The molecule has 22 heteroatoms. The van der Waals surface area contributed by atoms with Crippen LogP contribution in [0, 0.1) is 27.3 Å². The minimum Gasteiger partial charge on any atom is -0.475 e. The summed E-state index contributed by atoms with van der Waals surface area (Å²) in [6, 6.07) is 21.4. The summed E-state index contributed by atoms with van der Waals surface area (Å²) in [7, 11) is -4.78. The van der Waals surface area contributed by atoms with Crippen LogP contribution in [0.1, 0.15) is 124 Å².